The second-order valence-corrected chi connectivity index (χ2v) is 16.7. The molecule has 0 bridgehead atoms. The van der Waals surface area contributed by atoms with Crippen molar-refractivity contribution in [2.75, 3.05) is 23.9 Å². The summed E-state index contributed by atoms with van der Waals surface area (Å²) in [5.74, 6) is -2.41. The number of carbonyl (C=O) groups excluding carboxylic acids is 1. The summed E-state index contributed by atoms with van der Waals surface area (Å²) in [5, 5.41) is -4.59. The summed E-state index contributed by atoms with van der Waals surface area (Å²) in [7, 11) is 14.9. The van der Waals surface area contributed by atoms with Gasteiger partial charge in [0.1, 0.15) is 80.2 Å². The molecule has 49 heavy (non-hydrogen) atoms. The third kappa shape index (κ3) is 5.02. The molecule has 3 aromatic rings. The number of carbonyl (C=O) groups is 1. The second kappa shape index (κ2) is 11.2. The van der Waals surface area contributed by atoms with E-state index in [9.17, 15) is 14.0 Å². The number of thioether (sulfide) groups is 1. The predicted molar refractivity (Wildman–Crippen MR) is 204 cm³/mol. The van der Waals surface area contributed by atoms with Crippen molar-refractivity contribution in [2.45, 2.75) is 39.0 Å². The number of alkyl halides is 3. The smallest absolute Gasteiger partial charge is 0.380 e. The maximum atomic E-state index is 15.6. The highest BCUT2D eigenvalue weighted by Crippen LogP contribution is 2.53. The number of amides is 1. The van der Waals surface area contributed by atoms with E-state index in [0.29, 0.717) is 6.07 Å². The number of ether oxygens (including phenoxy) is 1. The Kier molecular flexibility index (Phi) is 8.25. The molecular weight excluding hydrogens is 677 g/mol. The van der Waals surface area contributed by atoms with E-state index in [-0.39, 0.29) is 53.0 Å². The number of aromatic nitrogens is 2. The average Bonchev–Trinajstić information content (AvgIpc) is 3.14. The third-order valence-corrected chi connectivity index (χ3v) is 13.2. The molecule has 6 rings (SSSR count). The fourth-order valence-corrected chi connectivity index (χ4v) is 9.48. The van der Waals surface area contributed by atoms with E-state index >= 15 is 17.6 Å². The molecule has 1 aromatic heterocycles. The topological polar surface area (TPSA) is 67.7 Å². The SMILES string of the molecule is BC1(B)N(C(=O)C=C)C(B)(B)C(B)(B)N(c2nc(=O)n3c4c(c(-c5cc(Cl)c(F)cc5F)c(C(F)(F)F)cc24)SCC2(COC2)C3)C1(B)B. The van der Waals surface area contributed by atoms with Crippen molar-refractivity contribution < 1.29 is 31.5 Å². The lowest BCUT2D eigenvalue weighted by Gasteiger charge is -2.74. The number of hydrogen-bond donors (Lipinski definition) is 0. The van der Waals surface area contributed by atoms with Crippen molar-refractivity contribution >= 4 is 109 Å². The van der Waals surface area contributed by atoms with Gasteiger partial charge in [-0.1, -0.05) is 18.2 Å². The van der Waals surface area contributed by atoms with E-state index in [1.165, 1.54) is 10.6 Å². The van der Waals surface area contributed by atoms with Crippen molar-refractivity contribution in [3.63, 3.8) is 0 Å². The van der Waals surface area contributed by atoms with E-state index in [1.807, 2.05) is 67.7 Å². The fourth-order valence-electron chi connectivity index (χ4n) is 7.89. The van der Waals surface area contributed by atoms with Crippen molar-refractivity contribution in [1.29, 1.82) is 0 Å². The van der Waals surface area contributed by atoms with Gasteiger partial charge in [-0.15, -0.1) is 11.8 Å². The number of hydrogen-bond acceptors (Lipinski definition) is 6. The second-order valence-electron chi connectivity index (χ2n) is 15.3. The summed E-state index contributed by atoms with van der Waals surface area (Å²) in [4.78, 5) is 35.9. The van der Waals surface area contributed by atoms with Crippen LogP contribution >= 0.6 is 23.4 Å². The van der Waals surface area contributed by atoms with Crippen molar-refractivity contribution in [2.24, 2.45) is 5.41 Å². The van der Waals surface area contributed by atoms with Crippen LogP contribution in [0.1, 0.15) is 5.56 Å². The summed E-state index contributed by atoms with van der Waals surface area (Å²) in [5.41, 5.74) is -3.40. The molecule has 0 N–H and O–H groups in total. The Hall–Kier alpha value is -2.64. The van der Waals surface area contributed by atoms with Gasteiger partial charge in [0, 0.05) is 45.2 Å². The molecule has 1 spiro atoms. The van der Waals surface area contributed by atoms with Gasteiger partial charge < -0.3 is 14.5 Å². The zero-order chi connectivity index (χ0) is 36.4. The molecule has 7 nitrogen and oxygen atoms in total. The molecule has 0 radical (unpaired) electrons. The molecule has 0 saturated carbocycles. The number of rotatable bonds is 3. The molecule has 2 fully saturated rings. The summed E-state index contributed by atoms with van der Waals surface area (Å²) in [6, 6.07) is 2.22. The first kappa shape index (κ1) is 36.2. The first-order chi connectivity index (χ1) is 22.4. The third-order valence-electron chi connectivity index (χ3n) is 11.5. The number of benzene rings is 2. The van der Waals surface area contributed by atoms with Crippen LogP contribution in [0.3, 0.4) is 0 Å². The van der Waals surface area contributed by atoms with Crippen LogP contribution < -0.4 is 10.6 Å². The van der Waals surface area contributed by atoms with Crippen molar-refractivity contribution in [3.05, 3.63) is 63.6 Å². The molecule has 248 valence electrons. The molecule has 3 aliphatic heterocycles. The van der Waals surface area contributed by atoms with Crippen molar-refractivity contribution in [1.82, 2.24) is 14.5 Å². The number of halogens is 6. The Balaban J connectivity index is 1.79. The lowest BCUT2D eigenvalue weighted by Crippen LogP contribution is -2.93. The van der Waals surface area contributed by atoms with Crippen molar-refractivity contribution in [3.8, 4) is 11.1 Å². The Morgan fingerprint density at radius 3 is 2.08 bits per heavy atom. The number of anilines is 1. The lowest BCUT2D eigenvalue weighted by molar-refractivity contribution is -0.137. The maximum absolute atomic E-state index is 15.6. The Bertz CT molecular complexity index is 2000. The first-order valence-corrected chi connectivity index (χ1v) is 17.1. The summed E-state index contributed by atoms with van der Waals surface area (Å²) in [6.07, 6.45) is -3.79. The number of piperazine rings is 1. The molecule has 0 aliphatic carbocycles. The van der Waals surface area contributed by atoms with Crippen LogP contribution in [-0.2, 0) is 22.3 Å². The van der Waals surface area contributed by atoms with Crippen LogP contribution in [0.15, 0.2) is 40.5 Å². The minimum atomic E-state index is -5.02. The van der Waals surface area contributed by atoms with Gasteiger partial charge >= 0.3 is 11.9 Å². The molecule has 0 atom stereocenters. The largest absolute Gasteiger partial charge is 0.417 e. The zero-order valence-electron chi connectivity index (χ0n) is 28.5. The van der Waals surface area contributed by atoms with Crippen LogP contribution in [-0.4, -0.2) is 123 Å². The average molecular weight is 708 g/mol. The standard InChI is InChI=1S/C27H30B8ClF5N4O3S/c1-2-16(46)44-24(28,29)26(32,33)45(27(34,35)25(44,30)31)20-11-3-12(23(39,40)41)17(10-4-13(36)15(38)5-14(10)37)19-18(11)43(21(47)42-20)6-22(9-49-19)7-48-8-22/h2-5H,1,6-9,28-35H2. The van der Waals surface area contributed by atoms with E-state index in [0.717, 1.165) is 23.9 Å². The highest BCUT2D eigenvalue weighted by molar-refractivity contribution is 7.99. The minimum Gasteiger partial charge on any atom is -0.380 e. The Labute approximate surface area is 296 Å². The molecule has 0 unspecified atom stereocenters. The number of nitrogens with zero attached hydrogens (tertiary/aromatic N) is 4. The van der Waals surface area contributed by atoms with Gasteiger partial charge in [0.05, 0.1) is 29.3 Å². The van der Waals surface area contributed by atoms with Gasteiger partial charge in [0.15, 0.2) is 0 Å². The van der Waals surface area contributed by atoms with Gasteiger partial charge in [0.2, 0.25) is 5.91 Å². The van der Waals surface area contributed by atoms with Gasteiger partial charge in [-0.25, -0.2) is 13.6 Å². The van der Waals surface area contributed by atoms with E-state index in [2.05, 4.69) is 11.6 Å². The monoisotopic (exact) mass is 708 g/mol. The van der Waals surface area contributed by atoms with Crippen LogP contribution in [0, 0.1) is 17.0 Å². The molecule has 2 saturated heterocycles. The van der Waals surface area contributed by atoms with Crippen LogP contribution in [0.25, 0.3) is 22.0 Å². The van der Waals surface area contributed by atoms with Gasteiger partial charge in [-0.3, -0.25) is 9.36 Å². The van der Waals surface area contributed by atoms with E-state index in [4.69, 9.17) is 16.3 Å². The first-order valence-electron chi connectivity index (χ1n) is 15.8. The van der Waals surface area contributed by atoms with Gasteiger partial charge in [-0.2, -0.15) is 18.2 Å². The Morgan fingerprint density at radius 2 is 1.57 bits per heavy atom. The molecule has 1 amide bonds. The van der Waals surface area contributed by atoms with Gasteiger partial charge in [-0.05, 0) is 39.6 Å². The summed E-state index contributed by atoms with van der Waals surface area (Å²) >= 11 is 7.10. The molecule has 3 aliphatic rings. The minimum absolute atomic E-state index is 0.00424. The predicted octanol–water partition coefficient (Wildman–Crippen LogP) is -3.35. The zero-order valence-corrected chi connectivity index (χ0v) is 30.1. The maximum Gasteiger partial charge on any atom is 0.417 e. The van der Waals surface area contributed by atoms with E-state index in [1.54, 1.807) is 4.90 Å². The van der Waals surface area contributed by atoms with Crippen LogP contribution in [0.4, 0.5) is 27.8 Å². The molecule has 22 heteroatoms. The van der Waals surface area contributed by atoms with E-state index < -0.39 is 72.0 Å². The molecular formula is C27H30B8ClF5N4O3S. The normalized spacial score (nSPS) is 21.6. The summed E-state index contributed by atoms with van der Waals surface area (Å²) in [6.45, 7) is 4.35. The fraction of sp³-hybridized carbons (Fsp3) is 0.370. The Morgan fingerprint density at radius 1 is 0.980 bits per heavy atom. The quantitative estimate of drug-likeness (QED) is 0.123. The molecule has 2 aromatic carbocycles. The van der Waals surface area contributed by atoms with Crippen LogP contribution in [0.2, 0.25) is 5.02 Å². The van der Waals surface area contributed by atoms with Crippen LogP contribution in [0.5, 0.6) is 0 Å². The highest BCUT2D eigenvalue weighted by atomic mass is 35.5. The highest BCUT2D eigenvalue weighted by Gasteiger charge is 2.63. The van der Waals surface area contributed by atoms with Gasteiger partial charge in [0.25, 0.3) is 0 Å². The summed E-state index contributed by atoms with van der Waals surface area (Å²) < 4.78 is 82.7. The lowest BCUT2D eigenvalue weighted by atomic mass is 9.26. The molecule has 4 heterocycles.